The molecule has 0 saturated carbocycles. The Labute approximate surface area is 186 Å². The van der Waals surface area contributed by atoms with Crippen LogP contribution in [0, 0.1) is 13.8 Å². The highest BCUT2D eigenvalue weighted by atomic mass is 16.2. The van der Waals surface area contributed by atoms with Gasteiger partial charge in [0.15, 0.2) is 0 Å². The molecule has 2 saturated heterocycles. The summed E-state index contributed by atoms with van der Waals surface area (Å²) in [5, 5.41) is 4.70. The highest BCUT2D eigenvalue weighted by Crippen LogP contribution is 2.21. The molecule has 4 rings (SSSR count). The fourth-order valence-corrected chi connectivity index (χ4v) is 5.18. The lowest BCUT2D eigenvalue weighted by Gasteiger charge is -2.42. The third kappa shape index (κ3) is 5.01. The van der Waals surface area contributed by atoms with Gasteiger partial charge in [0, 0.05) is 43.5 Å². The lowest BCUT2D eigenvalue weighted by Crippen LogP contribution is -2.54. The summed E-state index contributed by atoms with van der Waals surface area (Å²) in [6.45, 7) is 13.7. The molecule has 0 unspecified atom stereocenters. The maximum absolute atomic E-state index is 13.1. The zero-order valence-electron chi connectivity index (χ0n) is 19.4. The molecule has 2 aliphatic rings. The summed E-state index contributed by atoms with van der Waals surface area (Å²) < 4.78 is 1.96. The average Bonchev–Trinajstić information content (AvgIpc) is 3.09. The molecule has 0 spiro atoms. The van der Waals surface area contributed by atoms with Crippen LogP contribution in [0.1, 0.15) is 43.1 Å². The number of carbonyl (C=O) groups is 1. The van der Waals surface area contributed by atoms with E-state index in [2.05, 4.69) is 40.7 Å². The number of para-hydroxylation sites is 1. The first kappa shape index (κ1) is 22.0. The van der Waals surface area contributed by atoms with Crippen LogP contribution in [0.3, 0.4) is 0 Å². The molecule has 6 nitrogen and oxygen atoms in total. The summed E-state index contributed by atoms with van der Waals surface area (Å²) >= 11 is 0. The molecule has 2 fully saturated rings. The van der Waals surface area contributed by atoms with E-state index in [1.54, 1.807) is 0 Å². The SMILES string of the molecule is CCCN1CCC(N2CCN(C(=O)Cc3c(C)nn(-c4ccccc4)c3C)CC2)CC1. The molecule has 0 aliphatic carbocycles. The van der Waals surface area contributed by atoms with Gasteiger partial charge in [0.1, 0.15) is 0 Å². The summed E-state index contributed by atoms with van der Waals surface area (Å²) in [6, 6.07) is 10.8. The predicted molar refractivity (Wildman–Crippen MR) is 125 cm³/mol. The molecule has 1 aromatic heterocycles. The molecule has 0 atom stereocenters. The van der Waals surface area contributed by atoms with E-state index in [1.807, 2.05) is 29.8 Å². The van der Waals surface area contributed by atoms with Gasteiger partial charge in [0.05, 0.1) is 17.8 Å². The molecule has 1 amide bonds. The Morgan fingerprint density at radius 2 is 1.68 bits per heavy atom. The number of piperidine rings is 1. The summed E-state index contributed by atoms with van der Waals surface area (Å²) in [7, 11) is 0. The van der Waals surface area contributed by atoms with E-state index in [1.165, 1.54) is 38.9 Å². The van der Waals surface area contributed by atoms with E-state index in [0.717, 1.165) is 48.8 Å². The Hall–Kier alpha value is -2.18. The molecule has 2 aliphatic heterocycles. The number of amides is 1. The number of aromatic nitrogens is 2. The van der Waals surface area contributed by atoms with Crippen molar-refractivity contribution < 1.29 is 4.79 Å². The summed E-state index contributed by atoms with van der Waals surface area (Å²) in [6.07, 6.45) is 4.23. The second-order valence-corrected chi connectivity index (χ2v) is 9.06. The van der Waals surface area contributed by atoms with Crippen molar-refractivity contribution in [3.63, 3.8) is 0 Å². The first-order valence-electron chi connectivity index (χ1n) is 11.9. The number of rotatable bonds is 6. The lowest BCUT2D eigenvalue weighted by molar-refractivity contribution is -0.132. The van der Waals surface area contributed by atoms with Crippen molar-refractivity contribution in [2.45, 2.75) is 52.5 Å². The number of benzene rings is 1. The van der Waals surface area contributed by atoms with Gasteiger partial charge in [-0.3, -0.25) is 9.69 Å². The van der Waals surface area contributed by atoms with E-state index in [0.29, 0.717) is 12.5 Å². The number of piperazine rings is 1. The molecular weight excluding hydrogens is 386 g/mol. The quantitative estimate of drug-likeness (QED) is 0.716. The van der Waals surface area contributed by atoms with Gasteiger partial charge in [-0.15, -0.1) is 0 Å². The van der Waals surface area contributed by atoms with Gasteiger partial charge in [-0.25, -0.2) is 4.68 Å². The summed E-state index contributed by atoms with van der Waals surface area (Å²) in [4.78, 5) is 20.4. The van der Waals surface area contributed by atoms with Gasteiger partial charge in [-0.05, 0) is 64.9 Å². The van der Waals surface area contributed by atoms with Crippen molar-refractivity contribution in [3.8, 4) is 5.69 Å². The van der Waals surface area contributed by atoms with Crippen molar-refractivity contribution in [1.29, 1.82) is 0 Å². The number of likely N-dealkylation sites (tertiary alicyclic amines) is 1. The topological polar surface area (TPSA) is 44.6 Å². The Balaban J connectivity index is 1.31. The van der Waals surface area contributed by atoms with Gasteiger partial charge >= 0.3 is 0 Å². The third-order valence-electron chi connectivity index (χ3n) is 7.05. The van der Waals surface area contributed by atoms with E-state index >= 15 is 0 Å². The summed E-state index contributed by atoms with van der Waals surface area (Å²) in [5.74, 6) is 0.233. The Morgan fingerprint density at radius 3 is 2.32 bits per heavy atom. The second kappa shape index (κ2) is 9.96. The lowest BCUT2D eigenvalue weighted by atomic mass is 10.0. The molecule has 0 bridgehead atoms. The van der Waals surface area contributed by atoms with E-state index in [-0.39, 0.29) is 5.91 Å². The zero-order chi connectivity index (χ0) is 21.8. The van der Waals surface area contributed by atoms with Gasteiger partial charge in [0.2, 0.25) is 5.91 Å². The number of nitrogens with zero attached hydrogens (tertiary/aromatic N) is 5. The molecular formula is C25H37N5O. The minimum absolute atomic E-state index is 0.233. The van der Waals surface area contributed by atoms with Crippen molar-refractivity contribution in [2.75, 3.05) is 45.8 Å². The second-order valence-electron chi connectivity index (χ2n) is 9.06. The van der Waals surface area contributed by atoms with Gasteiger partial charge in [-0.1, -0.05) is 25.1 Å². The average molecular weight is 424 g/mol. The van der Waals surface area contributed by atoms with Crippen LogP contribution in [0.4, 0.5) is 0 Å². The summed E-state index contributed by atoms with van der Waals surface area (Å²) in [5.41, 5.74) is 4.13. The highest BCUT2D eigenvalue weighted by Gasteiger charge is 2.29. The number of aryl methyl sites for hydroxylation is 1. The van der Waals surface area contributed by atoms with Crippen LogP contribution >= 0.6 is 0 Å². The first-order chi connectivity index (χ1) is 15.1. The third-order valence-corrected chi connectivity index (χ3v) is 7.05. The predicted octanol–water partition coefficient (Wildman–Crippen LogP) is 3.05. The molecule has 2 aromatic rings. The maximum Gasteiger partial charge on any atom is 0.227 e. The molecule has 168 valence electrons. The maximum atomic E-state index is 13.1. The molecule has 31 heavy (non-hydrogen) atoms. The van der Waals surface area contributed by atoms with Crippen LogP contribution < -0.4 is 0 Å². The van der Waals surface area contributed by atoms with Gasteiger partial charge < -0.3 is 9.80 Å². The van der Waals surface area contributed by atoms with Crippen molar-refractivity contribution in [1.82, 2.24) is 24.5 Å². The first-order valence-corrected chi connectivity index (χ1v) is 11.9. The van der Waals surface area contributed by atoms with Gasteiger partial charge in [0.25, 0.3) is 0 Å². The molecule has 0 radical (unpaired) electrons. The highest BCUT2D eigenvalue weighted by molar-refractivity contribution is 5.79. The Morgan fingerprint density at radius 1 is 1.00 bits per heavy atom. The number of hydrogen-bond donors (Lipinski definition) is 0. The van der Waals surface area contributed by atoms with E-state index in [4.69, 9.17) is 5.10 Å². The number of hydrogen-bond acceptors (Lipinski definition) is 4. The normalized spacial score (nSPS) is 19.1. The molecule has 3 heterocycles. The van der Waals surface area contributed by atoms with Crippen LogP contribution in [0.2, 0.25) is 0 Å². The Bertz CT molecular complexity index is 862. The molecule has 1 aromatic carbocycles. The van der Waals surface area contributed by atoms with Crippen molar-refractivity contribution in [3.05, 3.63) is 47.3 Å². The number of carbonyl (C=O) groups excluding carboxylic acids is 1. The molecule has 0 N–H and O–H groups in total. The monoisotopic (exact) mass is 423 g/mol. The fraction of sp³-hybridized carbons (Fsp3) is 0.600. The molecule has 6 heteroatoms. The van der Waals surface area contributed by atoms with Crippen LogP contribution in [-0.4, -0.2) is 82.2 Å². The van der Waals surface area contributed by atoms with E-state index < -0.39 is 0 Å². The standard InChI is InChI=1S/C25H37N5O/c1-4-12-27-13-10-22(11-14-27)28-15-17-29(18-16-28)25(31)19-24-20(2)26-30(21(24)3)23-8-6-5-7-9-23/h5-9,22H,4,10-19H2,1-3H3. The van der Waals surface area contributed by atoms with Crippen LogP contribution in [0.15, 0.2) is 30.3 Å². The largest absolute Gasteiger partial charge is 0.340 e. The van der Waals surface area contributed by atoms with Crippen molar-refractivity contribution in [2.24, 2.45) is 0 Å². The van der Waals surface area contributed by atoms with Crippen LogP contribution in [0.5, 0.6) is 0 Å². The van der Waals surface area contributed by atoms with Gasteiger partial charge in [-0.2, -0.15) is 5.10 Å². The minimum Gasteiger partial charge on any atom is -0.340 e. The van der Waals surface area contributed by atoms with Crippen LogP contribution in [-0.2, 0) is 11.2 Å². The zero-order valence-corrected chi connectivity index (χ0v) is 19.4. The van der Waals surface area contributed by atoms with Crippen molar-refractivity contribution >= 4 is 5.91 Å². The fourth-order valence-electron chi connectivity index (χ4n) is 5.18. The smallest absolute Gasteiger partial charge is 0.227 e. The van der Waals surface area contributed by atoms with Crippen LogP contribution in [0.25, 0.3) is 5.69 Å². The van der Waals surface area contributed by atoms with E-state index in [9.17, 15) is 4.79 Å². The minimum atomic E-state index is 0.233. The Kier molecular flexibility index (Phi) is 7.08.